The highest BCUT2D eigenvalue weighted by atomic mass is 16.7. The molecule has 2 rings (SSSR count). The minimum Gasteiger partial charge on any atom is -0.467 e. The van der Waals surface area contributed by atoms with Gasteiger partial charge in [-0.15, -0.1) is 6.58 Å². The van der Waals surface area contributed by atoms with Gasteiger partial charge in [-0.1, -0.05) is 11.2 Å². The molecule has 0 saturated carbocycles. The second-order valence-electron chi connectivity index (χ2n) is 5.13. The summed E-state index contributed by atoms with van der Waals surface area (Å²) in [6, 6.07) is -1.75. The van der Waals surface area contributed by atoms with Gasteiger partial charge in [-0.25, -0.2) is 9.59 Å². The van der Waals surface area contributed by atoms with Gasteiger partial charge in [0.15, 0.2) is 6.61 Å². The lowest BCUT2D eigenvalue weighted by Crippen LogP contribution is -2.49. The molecule has 2 aliphatic heterocycles. The van der Waals surface area contributed by atoms with E-state index in [2.05, 4.69) is 17.1 Å². The summed E-state index contributed by atoms with van der Waals surface area (Å²) in [7, 11) is 2.73. The molecule has 3 amide bonds. The summed E-state index contributed by atoms with van der Waals surface area (Å²) in [6.45, 7) is 3.62. The van der Waals surface area contributed by atoms with Gasteiger partial charge in [-0.05, 0) is 0 Å². The van der Waals surface area contributed by atoms with E-state index in [4.69, 9.17) is 14.4 Å². The Morgan fingerprint density at radius 3 is 2.92 bits per heavy atom. The SMILES string of the molecule is C=CCON1C(=O)N2C[C@H]1/C(=N\OCC(=O)NC)C[C@H]2C(=O)OC.[HH]. The van der Waals surface area contributed by atoms with Gasteiger partial charge >= 0.3 is 12.0 Å². The number of hydrogen-bond acceptors (Lipinski definition) is 7. The van der Waals surface area contributed by atoms with Gasteiger partial charge in [0.2, 0.25) is 0 Å². The van der Waals surface area contributed by atoms with Crippen LogP contribution < -0.4 is 5.32 Å². The number of amides is 3. The largest absolute Gasteiger partial charge is 0.467 e. The van der Waals surface area contributed by atoms with Crippen LogP contribution in [0.5, 0.6) is 0 Å². The monoisotopic (exact) mass is 342 g/mol. The standard InChI is InChI=1S/C14H20N4O6.H2/c1-4-5-24-18-11-7-17(14(18)21)10(13(20)22-3)6-9(11)16-23-8-12(19)15-2;/h4,10-11H,1,5-8H2,2-3H3,(H,15,19);1H/b16-9-;/t10-,11-;/m0./s1. The van der Waals surface area contributed by atoms with Gasteiger partial charge in [0, 0.05) is 14.9 Å². The first kappa shape index (κ1) is 17.7. The normalized spacial score (nSPS) is 24.1. The Morgan fingerprint density at radius 2 is 2.29 bits per heavy atom. The molecule has 0 unspecified atom stereocenters. The molecule has 2 bridgehead atoms. The van der Waals surface area contributed by atoms with Gasteiger partial charge < -0.3 is 19.8 Å². The van der Waals surface area contributed by atoms with Gasteiger partial charge in [-0.3, -0.25) is 9.63 Å². The van der Waals surface area contributed by atoms with Crippen molar-refractivity contribution in [3.8, 4) is 0 Å². The molecule has 2 heterocycles. The predicted octanol–water partition coefficient (Wildman–Crippen LogP) is -0.480. The van der Waals surface area contributed by atoms with Crippen molar-refractivity contribution in [2.24, 2.45) is 5.16 Å². The molecule has 24 heavy (non-hydrogen) atoms. The number of rotatable bonds is 7. The van der Waals surface area contributed by atoms with Crippen LogP contribution in [0.15, 0.2) is 17.8 Å². The van der Waals surface area contributed by atoms with Crippen LogP contribution in [0, 0.1) is 0 Å². The summed E-state index contributed by atoms with van der Waals surface area (Å²) in [6.07, 6.45) is 1.65. The Kier molecular flexibility index (Phi) is 5.74. The van der Waals surface area contributed by atoms with Crippen LogP contribution in [0.2, 0.25) is 0 Å². The number of carbonyl (C=O) groups is 3. The van der Waals surface area contributed by atoms with Crippen LogP contribution in [-0.4, -0.2) is 79.6 Å². The van der Waals surface area contributed by atoms with Crippen molar-refractivity contribution in [1.82, 2.24) is 15.3 Å². The minimum atomic E-state index is -0.807. The Bertz CT molecular complexity index is 570. The zero-order chi connectivity index (χ0) is 17.7. The fourth-order valence-electron chi connectivity index (χ4n) is 2.51. The summed E-state index contributed by atoms with van der Waals surface area (Å²) >= 11 is 0. The molecule has 2 aliphatic rings. The molecule has 0 aliphatic carbocycles. The zero-order valence-corrected chi connectivity index (χ0v) is 13.6. The Balaban J connectivity index is 0.00000312. The highest BCUT2D eigenvalue weighted by Crippen LogP contribution is 2.29. The van der Waals surface area contributed by atoms with Gasteiger partial charge in [0.05, 0.1) is 26.0 Å². The van der Waals surface area contributed by atoms with E-state index in [-0.39, 0.29) is 33.5 Å². The molecular weight excluding hydrogens is 320 g/mol. The first-order valence-electron chi connectivity index (χ1n) is 7.34. The molecule has 10 nitrogen and oxygen atoms in total. The number of hydroxylamine groups is 2. The molecule has 10 heteroatoms. The lowest BCUT2D eigenvalue weighted by molar-refractivity contribution is -0.145. The number of methoxy groups -OCH3 is 1. The lowest BCUT2D eigenvalue weighted by atomic mass is 9.99. The first-order valence-corrected chi connectivity index (χ1v) is 7.34. The Hall–Kier alpha value is -2.62. The van der Waals surface area contributed by atoms with Crippen LogP contribution in [0.1, 0.15) is 7.85 Å². The molecule has 0 aromatic carbocycles. The minimum absolute atomic E-state index is 0. The summed E-state index contributed by atoms with van der Waals surface area (Å²) < 4.78 is 4.75. The number of likely N-dealkylation sites (N-methyl/N-ethyl adjacent to an activating group) is 1. The Labute approximate surface area is 140 Å². The van der Waals surface area contributed by atoms with Crippen molar-refractivity contribution in [1.29, 1.82) is 0 Å². The summed E-state index contributed by atoms with van der Waals surface area (Å²) in [4.78, 5) is 47.3. The van der Waals surface area contributed by atoms with Gasteiger partial charge in [-0.2, -0.15) is 5.06 Å². The van der Waals surface area contributed by atoms with Gasteiger partial charge in [0.1, 0.15) is 12.1 Å². The quantitative estimate of drug-likeness (QED) is 0.380. The van der Waals surface area contributed by atoms with Crippen LogP contribution >= 0.6 is 0 Å². The number of oxime groups is 1. The maximum absolute atomic E-state index is 12.4. The van der Waals surface area contributed by atoms with E-state index in [1.807, 2.05) is 0 Å². The van der Waals surface area contributed by atoms with Crippen molar-refractivity contribution in [2.75, 3.05) is 33.9 Å². The third-order valence-electron chi connectivity index (χ3n) is 3.71. The second-order valence-corrected chi connectivity index (χ2v) is 5.13. The number of nitrogens with zero attached hydrogens (tertiary/aromatic N) is 3. The number of carbonyl (C=O) groups excluding carboxylic acids is 3. The third kappa shape index (κ3) is 3.48. The summed E-state index contributed by atoms with van der Waals surface area (Å²) in [5, 5.41) is 7.48. The third-order valence-corrected chi connectivity index (χ3v) is 3.71. The fraction of sp³-hybridized carbons (Fsp3) is 0.571. The van der Waals surface area contributed by atoms with E-state index in [1.165, 1.54) is 25.1 Å². The molecule has 2 saturated heterocycles. The topological polar surface area (TPSA) is 110 Å². The number of fused-ring (bicyclic) bond motifs is 2. The molecule has 0 aromatic rings. The smallest absolute Gasteiger partial charge is 0.345 e. The van der Waals surface area contributed by atoms with Crippen LogP contribution in [-0.2, 0) is 24.0 Å². The molecule has 1 N–H and O–H groups in total. The van der Waals surface area contributed by atoms with E-state index >= 15 is 0 Å². The maximum Gasteiger partial charge on any atom is 0.345 e. The summed E-state index contributed by atoms with van der Waals surface area (Å²) in [5.74, 6) is -0.894. The number of nitrogens with one attached hydrogen (secondary N) is 1. The molecule has 2 atom stereocenters. The molecule has 0 spiro atoms. The molecule has 2 fully saturated rings. The summed E-state index contributed by atoms with van der Waals surface area (Å²) in [5.41, 5.74) is 0.431. The van der Waals surface area contributed by atoms with Crippen molar-refractivity contribution >= 4 is 23.6 Å². The highest BCUT2D eigenvalue weighted by Gasteiger charge is 2.51. The lowest BCUT2D eigenvalue weighted by Gasteiger charge is -2.28. The predicted molar refractivity (Wildman–Crippen MR) is 83.9 cm³/mol. The average molecular weight is 342 g/mol. The molecule has 0 radical (unpaired) electrons. The number of esters is 1. The van der Waals surface area contributed by atoms with E-state index in [0.29, 0.717) is 5.71 Å². The number of piperidine rings is 1. The number of hydrogen-bond donors (Lipinski definition) is 1. The maximum atomic E-state index is 12.4. The van der Waals surface area contributed by atoms with Crippen LogP contribution in [0.25, 0.3) is 0 Å². The van der Waals surface area contributed by atoms with Crippen LogP contribution in [0.3, 0.4) is 0 Å². The molecule has 134 valence electrons. The van der Waals surface area contributed by atoms with Crippen molar-refractivity contribution in [3.63, 3.8) is 0 Å². The van der Waals surface area contributed by atoms with Crippen molar-refractivity contribution in [2.45, 2.75) is 18.5 Å². The van der Waals surface area contributed by atoms with Crippen LogP contribution in [0.4, 0.5) is 4.79 Å². The highest BCUT2D eigenvalue weighted by molar-refractivity contribution is 6.01. The van der Waals surface area contributed by atoms with Crippen molar-refractivity contribution in [3.05, 3.63) is 12.7 Å². The Morgan fingerprint density at radius 1 is 1.54 bits per heavy atom. The first-order chi connectivity index (χ1) is 11.5. The number of ether oxygens (including phenoxy) is 1. The van der Waals surface area contributed by atoms with Crippen molar-refractivity contribution < 1.29 is 30.2 Å². The second kappa shape index (κ2) is 7.77. The average Bonchev–Trinajstić information content (AvgIpc) is 2.87. The van der Waals surface area contributed by atoms with E-state index in [0.717, 1.165) is 5.06 Å². The number of urea groups is 1. The fourth-order valence-corrected chi connectivity index (χ4v) is 2.51. The van der Waals surface area contributed by atoms with Gasteiger partial charge in [0.25, 0.3) is 5.91 Å². The van der Waals surface area contributed by atoms with E-state index < -0.39 is 24.1 Å². The zero-order valence-electron chi connectivity index (χ0n) is 13.6. The van der Waals surface area contributed by atoms with E-state index in [1.54, 1.807) is 0 Å². The molecular formula is C14H22N4O6. The van der Waals surface area contributed by atoms with E-state index in [9.17, 15) is 14.4 Å². The molecule has 0 aromatic heterocycles.